The van der Waals surface area contributed by atoms with E-state index >= 15 is 0 Å². The summed E-state index contributed by atoms with van der Waals surface area (Å²) in [5, 5.41) is 0. The first kappa shape index (κ1) is 31.5. The second-order valence-electron chi connectivity index (χ2n) is 12.4. The second kappa shape index (κ2) is 14.3. The van der Waals surface area contributed by atoms with E-state index in [-0.39, 0.29) is 44.7 Å². The van der Waals surface area contributed by atoms with Gasteiger partial charge in [-0.2, -0.15) is 0 Å². The summed E-state index contributed by atoms with van der Waals surface area (Å²) in [4.78, 5) is 53.6. The third kappa shape index (κ3) is 6.99. The number of fused-ring (bicyclic) bond motifs is 2. The van der Waals surface area contributed by atoms with Crippen LogP contribution >= 0.6 is 0 Å². The van der Waals surface area contributed by atoms with Gasteiger partial charge in [-0.1, -0.05) is 91.7 Å². The molecule has 6 rings (SSSR count). The average molecular weight is 627 g/mol. The van der Waals surface area contributed by atoms with E-state index < -0.39 is 47.4 Å². The Labute approximate surface area is 268 Å². The number of rotatable bonds is 12. The van der Waals surface area contributed by atoms with Crippen molar-refractivity contribution in [1.82, 2.24) is 0 Å². The first-order valence-electron chi connectivity index (χ1n) is 15.9. The molecule has 3 fully saturated rings. The molecule has 240 valence electrons. The lowest BCUT2D eigenvalue weighted by Crippen LogP contribution is -2.52. The smallest absolute Gasteiger partial charge is 0.338 e. The number of carbonyl (C=O) groups is 4. The first-order chi connectivity index (χ1) is 22.4. The molecule has 3 aliphatic rings. The summed E-state index contributed by atoms with van der Waals surface area (Å²) in [6.45, 7) is -0.269. The minimum atomic E-state index is -1.35. The molecule has 9 nitrogen and oxygen atoms in total. The Morgan fingerprint density at radius 2 is 1.24 bits per heavy atom. The van der Waals surface area contributed by atoms with Gasteiger partial charge in [-0.3, -0.25) is 14.4 Å². The van der Waals surface area contributed by atoms with Gasteiger partial charge in [-0.05, 0) is 42.5 Å². The van der Waals surface area contributed by atoms with Crippen LogP contribution in [0.1, 0.15) is 53.6 Å². The average Bonchev–Trinajstić information content (AvgIpc) is 3.84. The monoisotopic (exact) mass is 626 g/mol. The van der Waals surface area contributed by atoms with Crippen LogP contribution in [0.25, 0.3) is 0 Å². The van der Waals surface area contributed by atoms with E-state index in [2.05, 4.69) is 0 Å². The summed E-state index contributed by atoms with van der Waals surface area (Å²) in [7, 11) is 0. The SMILES string of the molecule is O=C(OC[C@H]1C[C@]2(COC(=O)C3CCCC3)O[C@H]1[C@@H](C(=O)OCc1ccccc1)[C@H]2C(=O)OCc1ccccc1)c1ccccc1. The van der Waals surface area contributed by atoms with E-state index in [1.165, 1.54) is 0 Å². The van der Waals surface area contributed by atoms with Crippen molar-refractivity contribution < 1.29 is 42.9 Å². The number of benzene rings is 3. The highest BCUT2D eigenvalue weighted by atomic mass is 16.6. The molecule has 9 heteroatoms. The van der Waals surface area contributed by atoms with E-state index in [4.69, 9.17) is 23.7 Å². The molecule has 1 aliphatic carbocycles. The summed E-state index contributed by atoms with van der Waals surface area (Å²) in [6, 6.07) is 27.1. The highest BCUT2D eigenvalue weighted by Crippen LogP contribution is 2.55. The van der Waals surface area contributed by atoms with E-state index in [9.17, 15) is 19.2 Å². The van der Waals surface area contributed by atoms with Crippen molar-refractivity contribution in [1.29, 1.82) is 0 Å². The minimum absolute atomic E-state index is 0.00266. The van der Waals surface area contributed by atoms with Crippen molar-refractivity contribution in [2.45, 2.75) is 57.0 Å². The summed E-state index contributed by atoms with van der Waals surface area (Å²) in [5.41, 5.74) is 0.618. The molecule has 46 heavy (non-hydrogen) atoms. The van der Waals surface area contributed by atoms with Gasteiger partial charge in [0, 0.05) is 5.92 Å². The van der Waals surface area contributed by atoms with Gasteiger partial charge in [-0.15, -0.1) is 0 Å². The van der Waals surface area contributed by atoms with Crippen LogP contribution in [0.5, 0.6) is 0 Å². The zero-order valence-corrected chi connectivity index (χ0v) is 25.6. The molecule has 1 saturated carbocycles. The fraction of sp³-hybridized carbons (Fsp3) is 0.405. The van der Waals surface area contributed by atoms with Crippen LogP contribution in [0.4, 0.5) is 0 Å². The maximum absolute atomic E-state index is 13.9. The number of hydrogen-bond acceptors (Lipinski definition) is 9. The summed E-state index contributed by atoms with van der Waals surface area (Å²) in [6.07, 6.45) is 2.83. The lowest BCUT2D eigenvalue weighted by Gasteiger charge is -2.36. The molecule has 0 radical (unpaired) electrons. The van der Waals surface area contributed by atoms with Gasteiger partial charge in [0.25, 0.3) is 0 Å². The van der Waals surface area contributed by atoms with Crippen molar-refractivity contribution in [3.63, 3.8) is 0 Å². The molecular formula is C37H38O9. The molecule has 3 aromatic rings. The van der Waals surface area contributed by atoms with Gasteiger partial charge in [0.2, 0.25) is 0 Å². The zero-order chi connectivity index (χ0) is 31.9. The van der Waals surface area contributed by atoms with E-state index in [0.29, 0.717) is 5.56 Å². The van der Waals surface area contributed by atoms with Crippen LogP contribution in [0, 0.1) is 23.7 Å². The van der Waals surface area contributed by atoms with Crippen LogP contribution in [0.15, 0.2) is 91.0 Å². The van der Waals surface area contributed by atoms with Crippen molar-refractivity contribution in [2.24, 2.45) is 23.7 Å². The third-order valence-electron chi connectivity index (χ3n) is 9.28. The van der Waals surface area contributed by atoms with Crippen LogP contribution in [-0.4, -0.2) is 48.8 Å². The largest absolute Gasteiger partial charge is 0.462 e. The predicted molar refractivity (Wildman–Crippen MR) is 165 cm³/mol. The van der Waals surface area contributed by atoms with Gasteiger partial charge in [0.1, 0.15) is 31.3 Å². The Morgan fingerprint density at radius 3 is 1.85 bits per heavy atom. The minimum Gasteiger partial charge on any atom is -0.462 e. The van der Waals surface area contributed by atoms with E-state index in [0.717, 1.165) is 36.8 Å². The molecule has 5 atom stereocenters. The Kier molecular flexibility index (Phi) is 9.78. The normalized spacial score (nSPS) is 25.1. The highest BCUT2D eigenvalue weighted by Gasteiger charge is 2.69. The van der Waals surface area contributed by atoms with Gasteiger partial charge in [0.15, 0.2) is 0 Å². The molecule has 0 spiro atoms. The summed E-state index contributed by atoms with van der Waals surface area (Å²) < 4.78 is 29.6. The highest BCUT2D eigenvalue weighted by molar-refractivity contribution is 5.89. The summed E-state index contributed by atoms with van der Waals surface area (Å²) >= 11 is 0. The molecule has 0 unspecified atom stereocenters. The topological polar surface area (TPSA) is 114 Å². The number of hydrogen-bond donors (Lipinski definition) is 0. The first-order valence-corrected chi connectivity index (χ1v) is 15.9. The van der Waals surface area contributed by atoms with Crippen molar-refractivity contribution in [2.75, 3.05) is 13.2 Å². The van der Waals surface area contributed by atoms with E-state index in [1.807, 2.05) is 60.7 Å². The molecule has 2 saturated heterocycles. The van der Waals surface area contributed by atoms with Crippen LogP contribution < -0.4 is 0 Å². The van der Waals surface area contributed by atoms with Crippen molar-refractivity contribution in [3.05, 3.63) is 108 Å². The molecule has 2 heterocycles. The van der Waals surface area contributed by atoms with Crippen molar-refractivity contribution >= 4 is 23.9 Å². The molecule has 0 aromatic heterocycles. The second-order valence-corrected chi connectivity index (χ2v) is 12.4. The van der Waals surface area contributed by atoms with Gasteiger partial charge >= 0.3 is 23.9 Å². The third-order valence-corrected chi connectivity index (χ3v) is 9.28. The lowest BCUT2D eigenvalue weighted by molar-refractivity contribution is -0.171. The Balaban J connectivity index is 1.25. The Morgan fingerprint density at radius 1 is 0.674 bits per heavy atom. The van der Waals surface area contributed by atoms with Gasteiger partial charge < -0.3 is 23.7 Å². The molecule has 3 aromatic carbocycles. The van der Waals surface area contributed by atoms with Crippen molar-refractivity contribution in [3.8, 4) is 0 Å². The zero-order valence-electron chi connectivity index (χ0n) is 25.6. The molecule has 0 amide bonds. The Bertz CT molecular complexity index is 1500. The molecule has 2 bridgehead atoms. The predicted octanol–water partition coefficient (Wildman–Crippen LogP) is 5.45. The number of carbonyl (C=O) groups excluding carboxylic acids is 4. The van der Waals surface area contributed by atoms with Gasteiger partial charge in [-0.25, -0.2) is 4.79 Å². The van der Waals surface area contributed by atoms with Gasteiger partial charge in [0.05, 0.1) is 30.1 Å². The fourth-order valence-electron chi connectivity index (χ4n) is 6.98. The molecular weight excluding hydrogens is 588 g/mol. The van der Waals surface area contributed by atoms with Crippen LogP contribution in [0.2, 0.25) is 0 Å². The van der Waals surface area contributed by atoms with Crippen LogP contribution in [-0.2, 0) is 51.3 Å². The molecule has 2 aliphatic heterocycles. The lowest BCUT2D eigenvalue weighted by atomic mass is 9.67. The van der Waals surface area contributed by atoms with Crippen LogP contribution in [0.3, 0.4) is 0 Å². The van der Waals surface area contributed by atoms with E-state index in [1.54, 1.807) is 30.3 Å². The summed E-state index contributed by atoms with van der Waals surface area (Å²) in [5.74, 6) is -4.92. The Hall–Kier alpha value is -4.50. The fourth-order valence-corrected chi connectivity index (χ4v) is 6.98. The molecule has 0 N–H and O–H groups in total. The standard InChI is InChI=1S/C37H38O9/c38-33(27-16-8-3-9-17-27)44-23-29-20-37(24-45-34(39)28-18-10-11-19-28)31(36(41)43-22-26-14-6-2-7-15-26)30(32(29)46-37)35(40)42-21-25-12-4-1-5-13-25/h1-9,12-17,28-32H,10-11,18-24H2/t29-,30+,31+,32-,37-/m1/s1. The quantitative estimate of drug-likeness (QED) is 0.191. The maximum atomic E-state index is 13.9. The maximum Gasteiger partial charge on any atom is 0.338 e. The number of esters is 4. The number of ether oxygens (including phenoxy) is 5.